The third-order valence-corrected chi connectivity index (χ3v) is 3.15. The molecular formula is C12H15N3O. The Hall–Kier alpha value is -1.71. The number of anilines is 1. The fourth-order valence-electron chi connectivity index (χ4n) is 2.38. The van der Waals surface area contributed by atoms with E-state index in [4.69, 9.17) is 10.5 Å². The predicted molar refractivity (Wildman–Crippen MR) is 63.7 cm³/mol. The van der Waals surface area contributed by atoms with E-state index in [1.165, 1.54) is 11.3 Å². The molecule has 1 atom stereocenters. The van der Waals surface area contributed by atoms with Crippen LogP contribution in [0.1, 0.15) is 5.56 Å². The molecule has 0 unspecified atom stereocenters. The van der Waals surface area contributed by atoms with Crippen molar-refractivity contribution in [2.45, 2.75) is 12.5 Å². The summed E-state index contributed by atoms with van der Waals surface area (Å²) in [6.45, 7) is 2.59. The third-order valence-electron chi connectivity index (χ3n) is 3.15. The summed E-state index contributed by atoms with van der Waals surface area (Å²) in [5.41, 5.74) is 8.27. The van der Waals surface area contributed by atoms with Gasteiger partial charge in [-0.15, -0.1) is 0 Å². The smallest absolute Gasteiger partial charge is 0.282 e. The molecule has 2 heterocycles. The molecule has 0 aliphatic carbocycles. The lowest BCUT2D eigenvalue weighted by molar-refractivity contribution is 0.313. The lowest BCUT2D eigenvalue weighted by Crippen LogP contribution is -2.30. The van der Waals surface area contributed by atoms with Gasteiger partial charge in [0.05, 0.1) is 0 Å². The van der Waals surface area contributed by atoms with Crippen LogP contribution >= 0.6 is 0 Å². The molecule has 0 amide bonds. The second-order valence-electron chi connectivity index (χ2n) is 4.26. The van der Waals surface area contributed by atoms with Gasteiger partial charge in [0.2, 0.25) is 0 Å². The molecule has 3 rings (SSSR count). The Balaban J connectivity index is 1.74. The molecule has 2 aliphatic rings. The lowest BCUT2D eigenvalue weighted by atomic mass is 10.2. The van der Waals surface area contributed by atoms with E-state index in [9.17, 15) is 0 Å². The fraction of sp³-hybridized carbons (Fsp3) is 0.417. The van der Waals surface area contributed by atoms with E-state index in [-0.39, 0.29) is 6.04 Å². The van der Waals surface area contributed by atoms with E-state index in [0.29, 0.717) is 12.6 Å². The minimum Gasteiger partial charge on any atom is -0.463 e. The maximum atomic E-state index is 5.50. The summed E-state index contributed by atoms with van der Waals surface area (Å²) in [5, 5.41) is 0. The standard InChI is InChI=1S/C12H15N3O/c13-12-14-10(8-16-12)7-15-6-5-9-3-1-2-4-11(9)15/h1-4,10H,5-8H2,(H2,13,14)/t10-/m0/s1. The van der Waals surface area contributed by atoms with Crippen LogP contribution in [-0.4, -0.2) is 31.8 Å². The van der Waals surface area contributed by atoms with Crippen molar-refractivity contribution in [2.75, 3.05) is 24.6 Å². The van der Waals surface area contributed by atoms with E-state index in [1.807, 2.05) is 0 Å². The molecule has 0 saturated carbocycles. The highest BCUT2D eigenvalue weighted by atomic mass is 16.5. The largest absolute Gasteiger partial charge is 0.463 e. The minimum atomic E-state index is 0.186. The average Bonchev–Trinajstić information content (AvgIpc) is 2.87. The summed E-state index contributed by atoms with van der Waals surface area (Å²) in [6, 6.07) is 9.06. The monoisotopic (exact) mass is 217 g/mol. The summed E-state index contributed by atoms with van der Waals surface area (Å²) < 4.78 is 5.16. The molecule has 4 heteroatoms. The molecule has 4 nitrogen and oxygen atoms in total. The van der Waals surface area contributed by atoms with Gasteiger partial charge in [-0.3, -0.25) is 0 Å². The second-order valence-corrected chi connectivity index (χ2v) is 4.26. The SMILES string of the molecule is NC1=N[C@@H](CN2CCc3ccccc32)CO1. The first-order valence-corrected chi connectivity index (χ1v) is 5.62. The first kappa shape index (κ1) is 9.51. The highest BCUT2D eigenvalue weighted by Gasteiger charge is 2.24. The van der Waals surface area contributed by atoms with Crippen LogP contribution in [0.3, 0.4) is 0 Å². The average molecular weight is 217 g/mol. The molecule has 84 valence electrons. The van der Waals surface area contributed by atoms with Crippen LogP contribution < -0.4 is 10.6 Å². The van der Waals surface area contributed by atoms with E-state index >= 15 is 0 Å². The Morgan fingerprint density at radius 1 is 1.44 bits per heavy atom. The van der Waals surface area contributed by atoms with Gasteiger partial charge < -0.3 is 15.4 Å². The van der Waals surface area contributed by atoms with Crippen molar-refractivity contribution in [1.29, 1.82) is 0 Å². The van der Waals surface area contributed by atoms with Crippen molar-refractivity contribution < 1.29 is 4.74 Å². The van der Waals surface area contributed by atoms with Gasteiger partial charge >= 0.3 is 0 Å². The molecule has 0 aromatic heterocycles. The highest BCUT2D eigenvalue weighted by molar-refractivity contribution is 5.73. The molecule has 1 aromatic rings. The van der Waals surface area contributed by atoms with Crippen LogP contribution in [0.2, 0.25) is 0 Å². The summed E-state index contributed by atoms with van der Waals surface area (Å²) in [5.74, 6) is 0. The number of fused-ring (bicyclic) bond motifs is 1. The molecule has 0 spiro atoms. The topological polar surface area (TPSA) is 50.8 Å². The zero-order chi connectivity index (χ0) is 11.0. The molecule has 2 aliphatic heterocycles. The fourth-order valence-corrected chi connectivity index (χ4v) is 2.38. The second kappa shape index (κ2) is 3.70. The van der Waals surface area contributed by atoms with Crippen LogP contribution in [0.25, 0.3) is 0 Å². The Morgan fingerprint density at radius 2 is 2.31 bits per heavy atom. The summed E-state index contributed by atoms with van der Waals surface area (Å²) in [4.78, 5) is 6.62. The zero-order valence-corrected chi connectivity index (χ0v) is 9.10. The van der Waals surface area contributed by atoms with Crippen molar-refractivity contribution in [1.82, 2.24) is 0 Å². The molecule has 16 heavy (non-hydrogen) atoms. The summed E-state index contributed by atoms with van der Waals surface area (Å²) in [7, 11) is 0. The lowest BCUT2D eigenvalue weighted by Gasteiger charge is -2.20. The summed E-state index contributed by atoms with van der Waals surface area (Å²) in [6.07, 6.45) is 1.13. The van der Waals surface area contributed by atoms with E-state index < -0.39 is 0 Å². The van der Waals surface area contributed by atoms with Gasteiger partial charge in [-0.2, -0.15) is 0 Å². The first-order valence-electron chi connectivity index (χ1n) is 5.62. The Kier molecular flexibility index (Phi) is 2.20. The number of rotatable bonds is 2. The normalized spacial score (nSPS) is 22.9. The number of hydrogen-bond acceptors (Lipinski definition) is 4. The number of nitrogens with zero attached hydrogens (tertiary/aromatic N) is 2. The molecule has 0 saturated heterocycles. The van der Waals surface area contributed by atoms with Gasteiger partial charge in [0.25, 0.3) is 6.02 Å². The highest BCUT2D eigenvalue weighted by Crippen LogP contribution is 2.27. The quantitative estimate of drug-likeness (QED) is 0.795. The number of nitrogens with two attached hydrogens (primary N) is 1. The summed E-state index contributed by atoms with van der Waals surface area (Å²) >= 11 is 0. The molecule has 1 aromatic carbocycles. The Labute approximate surface area is 94.7 Å². The maximum Gasteiger partial charge on any atom is 0.282 e. The number of amidine groups is 1. The zero-order valence-electron chi connectivity index (χ0n) is 9.10. The first-order chi connectivity index (χ1) is 7.83. The third kappa shape index (κ3) is 1.60. The maximum absolute atomic E-state index is 5.50. The van der Waals surface area contributed by atoms with Gasteiger partial charge in [-0.1, -0.05) is 18.2 Å². The van der Waals surface area contributed by atoms with E-state index in [2.05, 4.69) is 34.2 Å². The van der Waals surface area contributed by atoms with Crippen molar-refractivity contribution in [3.63, 3.8) is 0 Å². The van der Waals surface area contributed by atoms with Crippen LogP contribution in [0.5, 0.6) is 0 Å². The van der Waals surface area contributed by atoms with Gasteiger partial charge in [-0.05, 0) is 18.1 Å². The number of hydrogen-bond donors (Lipinski definition) is 1. The molecule has 0 radical (unpaired) electrons. The predicted octanol–water partition coefficient (Wildman–Crippen LogP) is 0.763. The van der Waals surface area contributed by atoms with Gasteiger partial charge in [0.15, 0.2) is 0 Å². The van der Waals surface area contributed by atoms with Crippen molar-refractivity contribution in [3.05, 3.63) is 29.8 Å². The molecule has 0 fully saturated rings. The Bertz CT molecular complexity index is 430. The van der Waals surface area contributed by atoms with Gasteiger partial charge in [0.1, 0.15) is 12.6 Å². The van der Waals surface area contributed by atoms with Crippen LogP contribution in [-0.2, 0) is 11.2 Å². The van der Waals surface area contributed by atoms with Gasteiger partial charge in [0, 0.05) is 18.8 Å². The van der Waals surface area contributed by atoms with Crippen molar-refractivity contribution >= 4 is 11.7 Å². The number of para-hydroxylation sites is 1. The van der Waals surface area contributed by atoms with Gasteiger partial charge in [-0.25, -0.2) is 4.99 Å². The van der Waals surface area contributed by atoms with Crippen LogP contribution in [0.4, 0.5) is 5.69 Å². The number of aliphatic imine (C=N–C) groups is 1. The molecular weight excluding hydrogens is 202 g/mol. The molecule has 0 bridgehead atoms. The molecule has 2 N–H and O–H groups in total. The number of ether oxygens (including phenoxy) is 1. The minimum absolute atomic E-state index is 0.186. The Morgan fingerprint density at radius 3 is 3.12 bits per heavy atom. The van der Waals surface area contributed by atoms with E-state index in [1.54, 1.807) is 0 Å². The van der Waals surface area contributed by atoms with Crippen LogP contribution in [0, 0.1) is 0 Å². The van der Waals surface area contributed by atoms with Crippen molar-refractivity contribution in [3.8, 4) is 0 Å². The van der Waals surface area contributed by atoms with Crippen molar-refractivity contribution in [2.24, 2.45) is 10.7 Å². The van der Waals surface area contributed by atoms with E-state index in [0.717, 1.165) is 19.5 Å². The van der Waals surface area contributed by atoms with Crippen LogP contribution in [0.15, 0.2) is 29.3 Å². The number of benzene rings is 1.